The lowest BCUT2D eigenvalue weighted by Gasteiger charge is -2.39. The SMILES string of the molecule is Cc1nn(Cc2ccc(C(=O)O)cc2)c(C)c1CN1CCC(N2C(=O)N(C3CCOCC3)CC2c2cccc(Cl)c2)CC1. The van der Waals surface area contributed by atoms with Gasteiger partial charge in [0.1, 0.15) is 0 Å². The lowest BCUT2D eigenvalue weighted by molar-refractivity contribution is 0.0493. The number of amides is 2. The minimum atomic E-state index is -0.922. The zero-order valence-electron chi connectivity index (χ0n) is 24.9. The number of rotatable bonds is 8. The molecule has 3 aromatic rings. The number of aryl methyl sites for hydroxylation is 1. The second-order valence-corrected chi connectivity index (χ2v) is 12.5. The zero-order valence-corrected chi connectivity index (χ0v) is 25.7. The van der Waals surface area contributed by atoms with Crippen LogP contribution in [0.3, 0.4) is 0 Å². The summed E-state index contributed by atoms with van der Waals surface area (Å²) in [6.45, 7) is 9.52. The van der Waals surface area contributed by atoms with Gasteiger partial charge < -0.3 is 19.6 Å². The number of likely N-dealkylation sites (tertiary alicyclic amines) is 1. The van der Waals surface area contributed by atoms with Crippen molar-refractivity contribution in [2.24, 2.45) is 0 Å². The molecule has 2 amide bonds. The molecule has 1 unspecified atom stereocenters. The van der Waals surface area contributed by atoms with E-state index in [2.05, 4.69) is 34.6 Å². The van der Waals surface area contributed by atoms with Crippen molar-refractivity contribution in [1.29, 1.82) is 0 Å². The number of carboxylic acids is 1. The van der Waals surface area contributed by atoms with Gasteiger partial charge in [-0.15, -0.1) is 0 Å². The van der Waals surface area contributed by atoms with Gasteiger partial charge in [0.05, 0.1) is 23.8 Å². The summed E-state index contributed by atoms with van der Waals surface area (Å²) < 4.78 is 7.60. The predicted octanol–water partition coefficient (Wildman–Crippen LogP) is 5.52. The summed E-state index contributed by atoms with van der Waals surface area (Å²) in [6, 6.07) is 15.5. The Bertz CT molecular complexity index is 1460. The molecule has 3 aliphatic heterocycles. The van der Waals surface area contributed by atoms with Gasteiger partial charge in [-0.05, 0) is 74.9 Å². The van der Waals surface area contributed by atoms with Crippen molar-refractivity contribution < 1.29 is 19.4 Å². The largest absolute Gasteiger partial charge is 0.478 e. The topological polar surface area (TPSA) is 91.1 Å². The van der Waals surface area contributed by atoms with Gasteiger partial charge in [0, 0.05) is 67.8 Å². The Hall–Kier alpha value is -3.40. The minimum absolute atomic E-state index is 0.00196. The van der Waals surface area contributed by atoms with Crippen LogP contribution in [0.1, 0.15) is 70.2 Å². The fourth-order valence-corrected chi connectivity index (χ4v) is 7.15. The van der Waals surface area contributed by atoms with Crippen LogP contribution in [0.5, 0.6) is 0 Å². The van der Waals surface area contributed by atoms with E-state index < -0.39 is 5.97 Å². The van der Waals surface area contributed by atoms with Gasteiger partial charge in [0.25, 0.3) is 0 Å². The second-order valence-electron chi connectivity index (χ2n) is 12.1. The van der Waals surface area contributed by atoms with Crippen molar-refractivity contribution in [3.05, 3.63) is 87.2 Å². The zero-order chi connectivity index (χ0) is 30.1. The fraction of sp³-hybridized carbons (Fsp3) is 0.485. The van der Waals surface area contributed by atoms with Crippen LogP contribution in [0.2, 0.25) is 5.02 Å². The van der Waals surface area contributed by atoms with Crippen LogP contribution in [0.4, 0.5) is 4.79 Å². The number of hydrogen-bond acceptors (Lipinski definition) is 5. The molecule has 0 radical (unpaired) electrons. The Morgan fingerprint density at radius 2 is 1.72 bits per heavy atom. The number of nitrogens with zero attached hydrogens (tertiary/aromatic N) is 5. The maximum Gasteiger partial charge on any atom is 0.335 e. The molecule has 3 fully saturated rings. The number of urea groups is 1. The quantitative estimate of drug-likeness (QED) is 0.363. The highest BCUT2D eigenvalue weighted by Crippen LogP contribution is 2.38. The number of aromatic nitrogens is 2. The number of halogens is 1. The van der Waals surface area contributed by atoms with E-state index in [0.29, 0.717) is 31.3 Å². The van der Waals surface area contributed by atoms with Crippen LogP contribution in [0, 0.1) is 13.8 Å². The average Bonchev–Trinajstić information content (AvgIpc) is 3.49. The molecule has 228 valence electrons. The summed E-state index contributed by atoms with van der Waals surface area (Å²) in [7, 11) is 0. The molecule has 1 aromatic heterocycles. The number of carboxylic acid groups (broad SMARTS) is 1. The first-order valence-electron chi connectivity index (χ1n) is 15.3. The number of hydrogen-bond donors (Lipinski definition) is 1. The number of piperidine rings is 1. The lowest BCUT2D eigenvalue weighted by Crippen LogP contribution is -2.48. The third-order valence-electron chi connectivity index (χ3n) is 9.43. The molecule has 0 saturated carbocycles. The normalized spacial score (nSPS) is 20.7. The molecule has 6 rings (SSSR count). The maximum atomic E-state index is 14.0. The van der Waals surface area contributed by atoms with Crippen molar-refractivity contribution in [1.82, 2.24) is 24.5 Å². The van der Waals surface area contributed by atoms with E-state index in [9.17, 15) is 14.7 Å². The van der Waals surface area contributed by atoms with Crippen LogP contribution >= 0.6 is 11.6 Å². The molecular formula is C33H40ClN5O4. The highest BCUT2D eigenvalue weighted by atomic mass is 35.5. The molecule has 9 nitrogen and oxygen atoms in total. The van der Waals surface area contributed by atoms with Crippen LogP contribution < -0.4 is 0 Å². The highest BCUT2D eigenvalue weighted by Gasteiger charge is 2.45. The van der Waals surface area contributed by atoms with E-state index in [4.69, 9.17) is 21.4 Å². The van der Waals surface area contributed by atoms with E-state index in [0.717, 1.165) is 67.8 Å². The molecule has 2 aromatic carbocycles. The standard InChI is InChI=1S/C33H40ClN5O4/c1-22-30(23(2)38(35-22)19-24-6-8-25(9-7-24)32(40)41)20-36-14-10-29(11-15-36)39-31(26-4-3-5-27(34)18-26)21-37(33(39)42)28-12-16-43-17-13-28/h3-9,18,28-29,31H,10-17,19-21H2,1-2H3,(H,40,41). The summed E-state index contributed by atoms with van der Waals surface area (Å²) in [6.07, 6.45) is 3.62. The first-order valence-corrected chi connectivity index (χ1v) is 15.7. The maximum absolute atomic E-state index is 14.0. The monoisotopic (exact) mass is 605 g/mol. The molecule has 1 atom stereocenters. The van der Waals surface area contributed by atoms with Crippen LogP contribution in [-0.2, 0) is 17.8 Å². The van der Waals surface area contributed by atoms with Gasteiger partial charge in [0.15, 0.2) is 0 Å². The Morgan fingerprint density at radius 1 is 1.00 bits per heavy atom. The lowest BCUT2D eigenvalue weighted by atomic mass is 9.98. The number of carbonyl (C=O) groups excluding carboxylic acids is 1. The third-order valence-corrected chi connectivity index (χ3v) is 9.67. The molecule has 3 aliphatic rings. The van der Waals surface area contributed by atoms with Crippen molar-refractivity contribution in [3.8, 4) is 0 Å². The van der Waals surface area contributed by atoms with Crippen molar-refractivity contribution in [2.45, 2.75) is 70.7 Å². The summed E-state index contributed by atoms with van der Waals surface area (Å²) in [4.78, 5) is 31.9. The predicted molar refractivity (Wildman–Crippen MR) is 164 cm³/mol. The molecule has 43 heavy (non-hydrogen) atoms. The Balaban J connectivity index is 1.13. The van der Waals surface area contributed by atoms with E-state index in [-0.39, 0.29) is 29.7 Å². The first-order chi connectivity index (χ1) is 20.8. The molecule has 4 heterocycles. The Kier molecular flexibility index (Phi) is 8.75. The summed E-state index contributed by atoms with van der Waals surface area (Å²) in [5.41, 5.74) is 5.79. The third kappa shape index (κ3) is 6.30. The number of aromatic carboxylic acids is 1. The van der Waals surface area contributed by atoms with E-state index in [1.54, 1.807) is 12.1 Å². The molecule has 0 spiro atoms. The van der Waals surface area contributed by atoms with E-state index >= 15 is 0 Å². The first kappa shape index (κ1) is 29.7. The van der Waals surface area contributed by atoms with Gasteiger partial charge in [-0.2, -0.15) is 5.10 Å². The second kappa shape index (κ2) is 12.7. The molecule has 0 aliphatic carbocycles. The van der Waals surface area contributed by atoms with Gasteiger partial charge in [-0.1, -0.05) is 35.9 Å². The van der Waals surface area contributed by atoms with Crippen molar-refractivity contribution in [3.63, 3.8) is 0 Å². The van der Waals surface area contributed by atoms with Gasteiger partial charge in [0.2, 0.25) is 0 Å². The summed E-state index contributed by atoms with van der Waals surface area (Å²) in [5, 5.41) is 14.7. The van der Waals surface area contributed by atoms with Crippen LogP contribution in [0.25, 0.3) is 0 Å². The number of carbonyl (C=O) groups is 2. The number of ether oxygens (including phenoxy) is 1. The smallest absolute Gasteiger partial charge is 0.335 e. The van der Waals surface area contributed by atoms with Gasteiger partial charge in [-0.3, -0.25) is 9.58 Å². The molecule has 10 heteroatoms. The summed E-state index contributed by atoms with van der Waals surface area (Å²) >= 11 is 6.40. The van der Waals surface area contributed by atoms with Gasteiger partial charge >= 0.3 is 12.0 Å². The molecular weight excluding hydrogens is 566 g/mol. The molecule has 3 saturated heterocycles. The molecule has 0 bridgehead atoms. The number of benzene rings is 2. The fourth-order valence-electron chi connectivity index (χ4n) is 6.95. The van der Waals surface area contributed by atoms with Crippen molar-refractivity contribution >= 4 is 23.6 Å². The van der Waals surface area contributed by atoms with Crippen LogP contribution in [-0.4, -0.2) is 86.5 Å². The summed E-state index contributed by atoms with van der Waals surface area (Å²) in [5.74, 6) is -0.922. The molecule has 1 N–H and O–H groups in total. The van der Waals surface area contributed by atoms with E-state index in [1.165, 1.54) is 5.56 Å². The minimum Gasteiger partial charge on any atom is -0.478 e. The van der Waals surface area contributed by atoms with Gasteiger partial charge in [-0.25, -0.2) is 9.59 Å². The van der Waals surface area contributed by atoms with Crippen LogP contribution in [0.15, 0.2) is 48.5 Å². The van der Waals surface area contributed by atoms with Crippen molar-refractivity contribution in [2.75, 3.05) is 32.8 Å². The van der Waals surface area contributed by atoms with E-state index in [1.807, 2.05) is 35.0 Å². The Morgan fingerprint density at radius 3 is 2.40 bits per heavy atom. The Labute approximate surface area is 258 Å². The highest BCUT2D eigenvalue weighted by molar-refractivity contribution is 6.30. The average molecular weight is 606 g/mol.